The van der Waals surface area contributed by atoms with Gasteiger partial charge in [-0.05, 0) is 11.4 Å². The summed E-state index contributed by atoms with van der Waals surface area (Å²) >= 11 is 1.28. The number of nitro benzene ring substituents is 2. The van der Waals surface area contributed by atoms with Crippen LogP contribution in [-0.4, -0.2) is 29.6 Å². The Balaban J connectivity index is 1.87. The molecule has 14 nitrogen and oxygen atoms in total. The zero-order chi connectivity index (χ0) is 23.4. The Hall–Kier alpha value is -4.79. The normalized spacial score (nSPS) is 14.2. The van der Waals surface area contributed by atoms with Crippen molar-refractivity contribution in [3.8, 4) is 17.3 Å². The lowest BCUT2D eigenvalue weighted by Gasteiger charge is -2.24. The average Bonchev–Trinajstić information content (AvgIpc) is 3.40. The van der Waals surface area contributed by atoms with E-state index in [0.29, 0.717) is 4.88 Å². The highest BCUT2D eigenvalue weighted by Gasteiger charge is 2.40. The van der Waals surface area contributed by atoms with Gasteiger partial charge in [0, 0.05) is 23.1 Å². The molecule has 4 heterocycles. The number of benzene rings is 1. The summed E-state index contributed by atoms with van der Waals surface area (Å²) in [5.74, 6) is -1.27. The van der Waals surface area contributed by atoms with Crippen molar-refractivity contribution in [1.29, 1.82) is 0 Å². The van der Waals surface area contributed by atoms with Gasteiger partial charge >= 0.3 is 5.69 Å². The van der Waals surface area contributed by atoms with Crippen LogP contribution in [0.3, 0.4) is 0 Å². The van der Waals surface area contributed by atoms with E-state index < -0.39 is 38.4 Å². The fourth-order valence-electron chi connectivity index (χ4n) is 3.71. The lowest BCUT2D eigenvalue weighted by molar-refractivity contribution is -0.389. The molecule has 15 heteroatoms. The van der Waals surface area contributed by atoms with E-state index in [1.807, 2.05) is 0 Å². The molecule has 1 aliphatic heterocycles. The highest BCUT2D eigenvalue weighted by molar-refractivity contribution is 7.10. The van der Waals surface area contributed by atoms with E-state index in [4.69, 9.17) is 10.5 Å². The molecule has 1 aliphatic rings. The number of fused-ring (bicyclic) bond motifs is 2. The zero-order valence-electron chi connectivity index (χ0n) is 16.2. The molecule has 0 saturated heterocycles. The van der Waals surface area contributed by atoms with Crippen molar-refractivity contribution in [2.75, 3.05) is 5.73 Å². The second-order valence-electron chi connectivity index (χ2n) is 6.90. The van der Waals surface area contributed by atoms with E-state index in [0.717, 1.165) is 22.9 Å². The lowest BCUT2D eigenvalue weighted by atomic mass is 9.93. The van der Waals surface area contributed by atoms with Crippen LogP contribution >= 0.6 is 11.3 Å². The van der Waals surface area contributed by atoms with Crippen LogP contribution in [0, 0.1) is 20.2 Å². The number of anilines is 1. The summed E-state index contributed by atoms with van der Waals surface area (Å²) in [5, 5.41) is 28.9. The predicted molar refractivity (Wildman–Crippen MR) is 114 cm³/mol. The van der Waals surface area contributed by atoms with Crippen LogP contribution in [0.1, 0.15) is 22.1 Å². The largest absolute Gasteiger partial charge is 0.434 e. The molecule has 0 radical (unpaired) electrons. The number of nitro groups is 2. The summed E-state index contributed by atoms with van der Waals surface area (Å²) in [6.45, 7) is 0. The summed E-state index contributed by atoms with van der Waals surface area (Å²) < 4.78 is 6.76. The molecular formula is C18H11N7O7S. The first-order valence-corrected chi connectivity index (χ1v) is 10.0. The maximum Gasteiger partial charge on any atom is 0.328 e. The number of aromatic amines is 2. The maximum atomic E-state index is 12.8. The number of nitrogens with two attached hydrogens (primary N) is 1. The molecule has 0 spiro atoms. The van der Waals surface area contributed by atoms with Gasteiger partial charge in [0.25, 0.3) is 16.9 Å². The molecule has 4 aromatic rings. The minimum atomic E-state index is -0.895. The monoisotopic (exact) mass is 469 g/mol. The number of aromatic nitrogens is 4. The van der Waals surface area contributed by atoms with E-state index in [-0.39, 0.29) is 34.4 Å². The summed E-state index contributed by atoms with van der Waals surface area (Å²) in [7, 11) is 0. The molecule has 0 amide bonds. The topological polar surface area (TPSA) is 205 Å². The summed E-state index contributed by atoms with van der Waals surface area (Å²) in [6, 6.07) is 6.42. The first-order valence-electron chi connectivity index (χ1n) is 9.15. The second-order valence-corrected chi connectivity index (χ2v) is 7.88. The Bertz CT molecular complexity index is 1570. The number of nitrogen functional groups attached to an aromatic ring is 1. The van der Waals surface area contributed by atoms with Crippen molar-refractivity contribution in [2.24, 2.45) is 0 Å². The van der Waals surface area contributed by atoms with Gasteiger partial charge in [-0.3, -0.25) is 35.0 Å². The molecule has 3 aromatic heterocycles. The van der Waals surface area contributed by atoms with Gasteiger partial charge in [0.1, 0.15) is 11.4 Å². The third kappa shape index (κ3) is 3.06. The van der Waals surface area contributed by atoms with Crippen molar-refractivity contribution in [2.45, 2.75) is 5.92 Å². The van der Waals surface area contributed by atoms with E-state index in [9.17, 15) is 29.8 Å². The fourth-order valence-corrected chi connectivity index (χ4v) is 4.55. The lowest BCUT2D eigenvalue weighted by Crippen LogP contribution is -2.31. The summed E-state index contributed by atoms with van der Waals surface area (Å²) in [6.07, 6.45) is 0. The van der Waals surface area contributed by atoms with Crippen molar-refractivity contribution in [3.63, 3.8) is 0 Å². The van der Waals surface area contributed by atoms with Crippen molar-refractivity contribution in [3.05, 3.63) is 92.9 Å². The first-order chi connectivity index (χ1) is 15.8. The number of non-ortho nitro benzene ring substituents is 1. The van der Waals surface area contributed by atoms with Gasteiger partial charge in [0.2, 0.25) is 5.88 Å². The molecule has 166 valence electrons. The van der Waals surface area contributed by atoms with Gasteiger partial charge in [-0.15, -0.1) is 16.4 Å². The van der Waals surface area contributed by atoms with Crippen molar-refractivity contribution < 1.29 is 14.6 Å². The first kappa shape index (κ1) is 20.1. The van der Waals surface area contributed by atoms with Crippen molar-refractivity contribution in [1.82, 2.24) is 19.7 Å². The number of hydrogen-bond acceptors (Lipinski definition) is 10. The molecule has 0 fully saturated rings. The molecule has 1 unspecified atom stereocenters. The smallest absolute Gasteiger partial charge is 0.328 e. The average molecular weight is 469 g/mol. The number of rotatable bonds is 4. The second kappa shape index (κ2) is 7.13. The van der Waals surface area contributed by atoms with E-state index >= 15 is 0 Å². The van der Waals surface area contributed by atoms with Crippen LogP contribution in [0.15, 0.2) is 45.3 Å². The highest BCUT2D eigenvalue weighted by atomic mass is 32.1. The molecule has 1 aromatic carbocycles. The fraction of sp³-hybridized carbons (Fsp3) is 0.0556. The van der Waals surface area contributed by atoms with Gasteiger partial charge in [-0.1, -0.05) is 6.07 Å². The Morgan fingerprint density at radius 1 is 1.15 bits per heavy atom. The molecule has 0 aliphatic carbocycles. The highest BCUT2D eigenvalue weighted by Crippen LogP contribution is 2.49. The van der Waals surface area contributed by atoms with Crippen molar-refractivity contribution >= 4 is 28.5 Å². The Morgan fingerprint density at radius 3 is 2.61 bits per heavy atom. The van der Waals surface area contributed by atoms with Crippen LogP contribution in [0.5, 0.6) is 11.6 Å². The third-order valence-corrected chi connectivity index (χ3v) is 5.97. The molecule has 4 N–H and O–H groups in total. The number of thiophene rings is 1. The minimum Gasteiger partial charge on any atom is -0.434 e. The van der Waals surface area contributed by atoms with Gasteiger partial charge in [-0.25, -0.2) is 9.48 Å². The Kier molecular flexibility index (Phi) is 4.35. The Labute approximate surface area is 185 Å². The summed E-state index contributed by atoms with van der Waals surface area (Å²) in [5.41, 5.74) is 3.54. The number of nitrogens with one attached hydrogen (secondary N) is 2. The van der Waals surface area contributed by atoms with E-state index in [1.54, 1.807) is 17.5 Å². The SMILES string of the molecule is Nc1nn(-c2cc([N+](=O)[O-])ccc2[N+](=O)[O-])c2c1Oc1[nH]c(=O)[nH]c(=O)c1C2c1cccs1. The maximum absolute atomic E-state index is 12.8. The van der Waals surface area contributed by atoms with Crippen LogP contribution in [-0.2, 0) is 0 Å². The number of hydrogen-bond donors (Lipinski definition) is 3. The molecular weight excluding hydrogens is 458 g/mol. The van der Waals surface area contributed by atoms with Gasteiger partial charge < -0.3 is 10.5 Å². The standard InChI is InChI=1S/C18H11N7O7S/c19-15-14-13(23(22-15)9-6-7(24(28)29)3-4-8(9)25(30)31)11(10-2-1-5-33-10)12-16(26)20-18(27)21-17(12)32-14/h1-6,11H,(H2,19,22)(H2,20,21,26,27). The number of nitrogens with zero attached hydrogens (tertiary/aromatic N) is 4. The Morgan fingerprint density at radius 2 is 1.94 bits per heavy atom. The number of H-pyrrole nitrogens is 2. The van der Waals surface area contributed by atoms with Gasteiger partial charge in [0.15, 0.2) is 11.6 Å². The van der Waals surface area contributed by atoms with Crippen LogP contribution in [0.25, 0.3) is 5.69 Å². The predicted octanol–water partition coefficient (Wildman–Crippen LogP) is 1.99. The van der Waals surface area contributed by atoms with Gasteiger partial charge in [-0.2, -0.15) is 0 Å². The minimum absolute atomic E-state index is 0.0267. The van der Waals surface area contributed by atoms with Crippen LogP contribution < -0.4 is 21.7 Å². The third-order valence-electron chi connectivity index (χ3n) is 5.03. The van der Waals surface area contributed by atoms with Crippen LogP contribution in [0.4, 0.5) is 17.2 Å². The molecule has 5 rings (SSSR count). The quantitative estimate of drug-likeness (QED) is 0.259. The molecule has 0 saturated carbocycles. The van der Waals surface area contributed by atoms with Crippen LogP contribution in [0.2, 0.25) is 0 Å². The molecule has 33 heavy (non-hydrogen) atoms. The number of ether oxygens (including phenoxy) is 1. The molecule has 1 atom stereocenters. The van der Waals surface area contributed by atoms with E-state index in [1.165, 1.54) is 11.3 Å². The van der Waals surface area contributed by atoms with Gasteiger partial charge in [0.05, 0.1) is 21.3 Å². The van der Waals surface area contributed by atoms with E-state index in [2.05, 4.69) is 15.1 Å². The molecule has 0 bridgehead atoms. The summed E-state index contributed by atoms with van der Waals surface area (Å²) in [4.78, 5) is 51.4. The zero-order valence-corrected chi connectivity index (χ0v) is 17.0.